The van der Waals surface area contributed by atoms with Gasteiger partial charge in [-0.1, -0.05) is 30.3 Å². The van der Waals surface area contributed by atoms with Crippen molar-refractivity contribution in [2.75, 3.05) is 19.6 Å². The molecule has 9 heteroatoms. The molecule has 1 aliphatic carbocycles. The lowest BCUT2D eigenvalue weighted by molar-refractivity contribution is -0.139. The summed E-state index contributed by atoms with van der Waals surface area (Å²) in [6.07, 6.45) is 6.19. The molecule has 0 unspecified atom stereocenters. The molecule has 1 saturated heterocycles. The van der Waals surface area contributed by atoms with Crippen molar-refractivity contribution in [1.82, 2.24) is 24.8 Å². The van der Waals surface area contributed by atoms with Crippen molar-refractivity contribution in [3.63, 3.8) is 0 Å². The number of fused-ring (bicyclic) bond motifs is 1. The van der Waals surface area contributed by atoms with E-state index in [0.29, 0.717) is 36.8 Å². The summed E-state index contributed by atoms with van der Waals surface area (Å²) in [7, 11) is 0. The van der Waals surface area contributed by atoms with Crippen LogP contribution in [0.4, 0.5) is 0 Å². The number of imidazole rings is 1. The first-order valence-electron chi connectivity index (χ1n) is 10.5. The molecule has 3 aromatic rings. The third kappa shape index (κ3) is 4.46. The first-order chi connectivity index (χ1) is 15.6. The lowest BCUT2D eigenvalue weighted by Gasteiger charge is -2.48. The highest BCUT2D eigenvalue weighted by atomic mass is 16.3. The molecular weight excluding hydrogens is 410 g/mol. The minimum atomic E-state index is -0.584. The lowest BCUT2D eigenvalue weighted by atomic mass is 9.73. The molecule has 2 amide bonds. The van der Waals surface area contributed by atoms with Gasteiger partial charge < -0.3 is 15.3 Å². The first-order valence-corrected chi connectivity index (χ1v) is 10.5. The molecule has 0 spiro atoms. The predicted octanol–water partition coefficient (Wildman–Crippen LogP) is 1.64. The zero-order chi connectivity index (χ0) is 22.6. The molecule has 0 bridgehead atoms. The molecule has 5 rings (SSSR count). The average Bonchev–Trinajstić information content (AvgIpc) is 3.52. The van der Waals surface area contributed by atoms with Gasteiger partial charge in [-0.2, -0.15) is 5.10 Å². The monoisotopic (exact) mass is 435 g/mol. The fraction of sp³-hybridized carbons (Fsp3) is 0.348. The van der Waals surface area contributed by atoms with E-state index in [1.54, 1.807) is 27.9 Å². The van der Waals surface area contributed by atoms with E-state index in [1.807, 2.05) is 36.4 Å². The SMILES string of the molecule is O=C(c1cnc2cccnn12)N1CC(Cc2ccccc2)(C(=O)NCC2CC2)C1.O=CO. The highest BCUT2D eigenvalue weighted by Gasteiger charge is 2.51. The Bertz CT molecular complexity index is 1100. The van der Waals surface area contributed by atoms with Gasteiger partial charge in [-0.25, -0.2) is 9.50 Å². The van der Waals surface area contributed by atoms with E-state index in [1.165, 1.54) is 12.8 Å². The quantitative estimate of drug-likeness (QED) is 0.569. The van der Waals surface area contributed by atoms with E-state index in [-0.39, 0.29) is 18.3 Å². The van der Waals surface area contributed by atoms with Crippen LogP contribution in [0.1, 0.15) is 28.9 Å². The Hall–Kier alpha value is -3.75. The minimum Gasteiger partial charge on any atom is -0.483 e. The summed E-state index contributed by atoms with van der Waals surface area (Å²) in [6, 6.07) is 13.6. The Morgan fingerprint density at radius 1 is 1.16 bits per heavy atom. The number of hydrogen-bond acceptors (Lipinski definition) is 5. The van der Waals surface area contributed by atoms with E-state index in [9.17, 15) is 9.59 Å². The molecule has 2 N–H and O–H groups in total. The zero-order valence-corrected chi connectivity index (χ0v) is 17.6. The topological polar surface area (TPSA) is 117 Å². The van der Waals surface area contributed by atoms with Crippen molar-refractivity contribution >= 4 is 23.9 Å². The van der Waals surface area contributed by atoms with Crippen molar-refractivity contribution in [1.29, 1.82) is 0 Å². The van der Waals surface area contributed by atoms with Gasteiger partial charge in [0.1, 0.15) is 0 Å². The molecular formula is C23H25N5O4. The van der Waals surface area contributed by atoms with Crippen LogP contribution in [0.25, 0.3) is 5.65 Å². The summed E-state index contributed by atoms with van der Waals surface area (Å²) < 4.78 is 1.55. The van der Waals surface area contributed by atoms with E-state index in [2.05, 4.69) is 15.4 Å². The number of nitrogens with zero attached hydrogens (tertiary/aromatic N) is 4. The van der Waals surface area contributed by atoms with Crippen LogP contribution in [0.15, 0.2) is 54.9 Å². The molecule has 2 fully saturated rings. The van der Waals surface area contributed by atoms with Crippen LogP contribution in [0.3, 0.4) is 0 Å². The van der Waals surface area contributed by atoms with Crippen LogP contribution in [0, 0.1) is 11.3 Å². The number of likely N-dealkylation sites (tertiary alicyclic amines) is 1. The maximum absolute atomic E-state index is 13.1. The van der Waals surface area contributed by atoms with Crippen molar-refractivity contribution in [2.45, 2.75) is 19.3 Å². The Balaban J connectivity index is 0.000000775. The van der Waals surface area contributed by atoms with Crippen molar-refractivity contribution in [3.8, 4) is 0 Å². The Kier molecular flexibility index (Phi) is 6.16. The number of carbonyl (C=O) groups is 3. The van der Waals surface area contributed by atoms with Gasteiger partial charge >= 0.3 is 0 Å². The number of hydrogen-bond donors (Lipinski definition) is 2. The summed E-state index contributed by atoms with van der Waals surface area (Å²) in [5.74, 6) is 0.526. The van der Waals surface area contributed by atoms with Crippen LogP contribution in [-0.2, 0) is 16.0 Å². The summed E-state index contributed by atoms with van der Waals surface area (Å²) in [4.78, 5) is 40.4. The van der Waals surface area contributed by atoms with Gasteiger partial charge in [0.15, 0.2) is 11.3 Å². The number of carboxylic acid groups (broad SMARTS) is 1. The predicted molar refractivity (Wildman–Crippen MR) is 116 cm³/mol. The zero-order valence-electron chi connectivity index (χ0n) is 17.6. The summed E-state index contributed by atoms with van der Waals surface area (Å²) in [5, 5.41) is 14.2. The standard InChI is InChI=1S/C22H23N5O2.CH2O2/c28-20(18-13-23-19-7-4-10-25-27(18)19)26-14-22(15-26,11-16-5-2-1-3-6-16)21(29)24-12-17-8-9-17;2-1-3/h1-7,10,13,17H,8-9,11-12,14-15H2,(H,24,29);1H,(H,2,3). The third-order valence-corrected chi connectivity index (χ3v) is 5.89. The van der Waals surface area contributed by atoms with Gasteiger partial charge in [0, 0.05) is 25.8 Å². The fourth-order valence-corrected chi connectivity index (χ4v) is 4.03. The van der Waals surface area contributed by atoms with E-state index >= 15 is 0 Å². The third-order valence-electron chi connectivity index (χ3n) is 5.89. The van der Waals surface area contributed by atoms with E-state index in [4.69, 9.17) is 9.90 Å². The van der Waals surface area contributed by atoms with Gasteiger partial charge in [0.25, 0.3) is 12.4 Å². The number of carbonyl (C=O) groups excluding carboxylic acids is 2. The van der Waals surface area contributed by atoms with Crippen molar-refractivity contribution < 1.29 is 19.5 Å². The molecule has 9 nitrogen and oxygen atoms in total. The molecule has 2 aliphatic rings. The minimum absolute atomic E-state index is 0.0496. The van der Waals surface area contributed by atoms with Gasteiger partial charge in [-0.15, -0.1) is 0 Å². The molecule has 166 valence electrons. The average molecular weight is 435 g/mol. The molecule has 0 atom stereocenters. The maximum atomic E-state index is 13.1. The second-order valence-electron chi connectivity index (χ2n) is 8.30. The normalized spacial score (nSPS) is 16.4. The van der Waals surface area contributed by atoms with Crippen LogP contribution >= 0.6 is 0 Å². The molecule has 32 heavy (non-hydrogen) atoms. The van der Waals surface area contributed by atoms with Crippen LogP contribution < -0.4 is 5.32 Å². The fourth-order valence-electron chi connectivity index (χ4n) is 4.03. The number of rotatable bonds is 6. The Morgan fingerprint density at radius 2 is 1.88 bits per heavy atom. The molecule has 1 saturated carbocycles. The second-order valence-corrected chi connectivity index (χ2v) is 8.30. The summed E-state index contributed by atoms with van der Waals surface area (Å²) in [5.41, 5.74) is 1.58. The van der Waals surface area contributed by atoms with Gasteiger partial charge in [0.2, 0.25) is 5.91 Å². The molecule has 1 aromatic carbocycles. The van der Waals surface area contributed by atoms with Crippen molar-refractivity contribution in [3.05, 3.63) is 66.1 Å². The van der Waals surface area contributed by atoms with Crippen molar-refractivity contribution in [2.24, 2.45) is 11.3 Å². The highest BCUT2D eigenvalue weighted by molar-refractivity contribution is 5.96. The van der Waals surface area contributed by atoms with Gasteiger partial charge in [0.05, 0.1) is 11.6 Å². The number of benzene rings is 1. The second kappa shape index (κ2) is 9.17. The van der Waals surface area contributed by atoms with Crippen LogP contribution in [-0.4, -0.2) is 62.5 Å². The maximum Gasteiger partial charge on any atom is 0.290 e. The molecule has 3 heterocycles. The lowest BCUT2D eigenvalue weighted by Crippen LogP contribution is -2.65. The first kappa shape index (κ1) is 21.5. The molecule has 2 aromatic heterocycles. The van der Waals surface area contributed by atoms with Crippen LogP contribution in [0.2, 0.25) is 0 Å². The largest absolute Gasteiger partial charge is 0.483 e. The smallest absolute Gasteiger partial charge is 0.290 e. The number of aromatic nitrogens is 3. The molecule has 0 radical (unpaired) electrons. The van der Waals surface area contributed by atoms with Crippen LogP contribution in [0.5, 0.6) is 0 Å². The van der Waals surface area contributed by atoms with E-state index < -0.39 is 5.41 Å². The Labute approximate surface area is 185 Å². The number of amides is 2. The Morgan fingerprint density at radius 3 is 2.56 bits per heavy atom. The number of nitrogens with one attached hydrogen (secondary N) is 1. The molecule has 1 aliphatic heterocycles. The summed E-state index contributed by atoms with van der Waals surface area (Å²) in [6.45, 7) is 1.29. The van der Waals surface area contributed by atoms with Gasteiger partial charge in [-0.05, 0) is 42.9 Å². The highest BCUT2D eigenvalue weighted by Crippen LogP contribution is 2.36. The van der Waals surface area contributed by atoms with E-state index in [0.717, 1.165) is 12.1 Å². The van der Waals surface area contributed by atoms with Gasteiger partial charge in [-0.3, -0.25) is 14.4 Å². The summed E-state index contributed by atoms with van der Waals surface area (Å²) >= 11 is 0.